The van der Waals surface area contributed by atoms with Gasteiger partial charge in [-0.3, -0.25) is 4.68 Å². The summed E-state index contributed by atoms with van der Waals surface area (Å²) in [5.74, 6) is 1.05. The molecule has 5 heteroatoms. The lowest BCUT2D eigenvalue weighted by molar-refractivity contribution is -0.0555. The van der Waals surface area contributed by atoms with E-state index in [-0.39, 0.29) is 11.6 Å². The fourth-order valence-electron chi connectivity index (χ4n) is 2.63. The van der Waals surface area contributed by atoms with Crippen molar-refractivity contribution in [2.45, 2.75) is 78.5 Å². The van der Waals surface area contributed by atoms with Crippen molar-refractivity contribution >= 4 is 0 Å². The van der Waals surface area contributed by atoms with E-state index in [0.717, 1.165) is 51.2 Å². The lowest BCUT2D eigenvalue weighted by Gasteiger charge is -2.37. The highest BCUT2D eigenvalue weighted by Gasteiger charge is 2.34. The molecule has 0 aliphatic carbocycles. The number of nitrogens with one attached hydrogen (secondary N) is 1. The van der Waals surface area contributed by atoms with E-state index in [1.165, 1.54) is 0 Å². The summed E-state index contributed by atoms with van der Waals surface area (Å²) in [6.07, 6.45) is 5.67. The molecule has 0 aliphatic rings. The zero-order valence-corrected chi connectivity index (χ0v) is 14.4. The van der Waals surface area contributed by atoms with Crippen molar-refractivity contribution in [3.05, 3.63) is 12.2 Å². The first kappa shape index (κ1) is 18.1. The number of hydrogen-bond acceptors (Lipinski definition) is 4. The molecule has 1 heterocycles. The molecular formula is C16H32N4O. The molecule has 122 valence electrons. The highest BCUT2D eigenvalue weighted by atomic mass is 16.5. The number of nitrogens with zero attached hydrogens (tertiary/aromatic N) is 3. The van der Waals surface area contributed by atoms with E-state index in [1.807, 2.05) is 4.68 Å². The van der Waals surface area contributed by atoms with E-state index < -0.39 is 0 Å². The maximum atomic E-state index is 6.07. The standard InChI is InChI=1S/C16H32N4O/c1-6-10-17-14(16(5,8-3)21-9-4)12-15-18-13-19-20(15)11-7-2/h13-14,17H,6-12H2,1-5H3. The average Bonchev–Trinajstić information content (AvgIpc) is 2.91. The van der Waals surface area contributed by atoms with Crippen LogP contribution in [0.3, 0.4) is 0 Å². The van der Waals surface area contributed by atoms with Gasteiger partial charge in [-0.1, -0.05) is 20.8 Å². The van der Waals surface area contributed by atoms with Gasteiger partial charge in [0.1, 0.15) is 12.2 Å². The van der Waals surface area contributed by atoms with Crippen LogP contribution in [-0.2, 0) is 17.7 Å². The first-order valence-corrected chi connectivity index (χ1v) is 8.35. The normalized spacial score (nSPS) is 15.9. The van der Waals surface area contributed by atoms with Crippen LogP contribution in [0.1, 0.15) is 59.7 Å². The monoisotopic (exact) mass is 296 g/mol. The lowest BCUT2D eigenvalue weighted by Crippen LogP contribution is -2.52. The van der Waals surface area contributed by atoms with Crippen molar-refractivity contribution in [3.63, 3.8) is 0 Å². The Morgan fingerprint density at radius 3 is 2.62 bits per heavy atom. The topological polar surface area (TPSA) is 52.0 Å². The van der Waals surface area contributed by atoms with Crippen LogP contribution >= 0.6 is 0 Å². The lowest BCUT2D eigenvalue weighted by atomic mass is 9.90. The largest absolute Gasteiger partial charge is 0.374 e. The Kier molecular flexibility index (Phi) is 7.89. The van der Waals surface area contributed by atoms with E-state index in [9.17, 15) is 0 Å². The molecule has 5 nitrogen and oxygen atoms in total. The van der Waals surface area contributed by atoms with Gasteiger partial charge in [-0.05, 0) is 39.7 Å². The van der Waals surface area contributed by atoms with Crippen LogP contribution in [0.15, 0.2) is 6.33 Å². The predicted octanol–water partition coefficient (Wildman–Crippen LogP) is 2.80. The minimum Gasteiger partial charge on any atom is -0.374 e. The van der Waals surface area contributed by atoms with Gasteiger partial charge in [0.15, 0.2) is 0 Å². The van der Waals surface area contributed by atoms with Gasteiger partial charge < -0.3 is 10.1 Å². The first-order chi connectivity index (χ1) is 10.1. The van der Waals surface area contributed by atoms with Crippen molar-refractivity contribution in [1.29, 1.82) is 0 Å². The quantitative estimate of drug-likeness (QED) is 0.682. The van der Waals surface area contributed by atoms with E-state index in [2.05, 4.69) is 50.0 Å². The van der Waals surface area contributed by atoms with Crippen molar-refractivity contribution in [2.24, 2.45) is 0 Å². The van der Waals surface area contributed by atoms with E-state index in [1.54, 1.807) is 6.33 Å². The highest BCUT2D eigenvalue weighted by molar-refractivity contribution is 4.98. The van der Waals surface area contributed by atoms with Gasteiger partial charge in [-0.2, -0.15) is 5.10 Å². The minimum absolute atomic E-state index is 0.174. The minimum atomic E-state index is -0.174. The summed E-state index contributed by atoms with van der Waals surface area (Å²) in [7, 11) is 0. The van der Waals surface area contributed by atoms with Crippen LogP contribution in [0, 0.1) is 0 Å². The third-order valence-corrected chi connectivity index (χ3v) is 4.07. The number of hydrogen-bond donors (Lipinski definition) is 1. The predicted molar refractivity (Wildman–Crippen MR) is 86.4 cm³/mol. The number of rotatable bonds is 11. The Bertz CT molecular complexity index is 393. The van der Waals surface area contributed by atoms with E-state index in [4.69, 9.17) is 4.74 Å². The second-order valence-corrected chi connectivity index (χ2v) is 5.71. The van der Waals surface area contributed by atoms with Gasteiger partial charge in [0.2, 0.25) is 0 Å². The van der Waals surface area contributed by atoms with Gasteiger partial charge in [-0.15, -0.1) is 0 Å². The first-order valence-electron chi connectivity index (χ1n) is 8.35. The van der Waals surface area contributed by atoms with Crippen molar-refractivity contribution in [1.82, 2.24) is 20.1 Å². The second kappa shape index (κ2) is 9.15. The zero-order valence-electron chi connectivity index (χ0n) is 14.4. The summed E-state index contributed by atoms with van der Waals surface area (Å²) < 4.78 is 8.08. The smallest absolute Gasteiger partial charge is 0.138 e. The third kappa shape index (κ3) is 5.08. The van der Waals surface area contributed by atoms with Crippen molar-refractivity contribution in [3.8, 4) is 0 Å². The van der Waals surface area contributed by atoms with Crippen LogP contribution in [0.5, 0.6) is 0 Å². The maximum absolute atomic E-state index is 6.07. The fourth-order valence-corrected chi connectivity index (χ4v) is 2.63. The van der Waals surface area contributed by atoms with Crippen molar-refractivity contribution < 1.29 is 4.74 Å². The van der Waals surface area contributed by atoms with E-state index in [0.29, 0.717) is 0 Å². The molecule has 0 spiro atoms. The summed E-state index contributed by atoms with van der Waals surface area (Å²) in [6.45, 7) is 13.4. The third-order valence-electron chi connectivity index (χ3n) is 4.07. The van der Waals surface area contributed by atoms with Crippen LogP contribution in [-0.4, -0.2) is 39.6 Å². The molecule has 2 unspecified atom stereocenters. The molecule has 2 atom stereocenters. The van der Waals surface area contributed by atoms with Crippen LogP contribution in [0.25, 0.3) is 0 Å². The van der Waals surface area contributed by atoms with Gasteiger partial charge in [0.25, 0.3) is 0 Å². The van der Waals surface area contributed by atoms with E-state index >= 15 is 0 Å². The fraction of sp³-hybridized carbons (Fsp3) is 0.875. The molecule has 1 aromatic heterocycles. The summed E-state index contributed by atoms with van der Waals surface area (Å²) in [6, 6.07) is 0.252. The molecule has 1 rings (SSSR count). The molecule has 0 bridgehead atoms. The molecule has 0 amide bonds. The summed E-state index contributed by atoms with van der Waals surface area (Å²) in [4.78, 5) is 4.45. The Balaban J connectivity index is 2.88. The average molecular weight is 296 g/mol. The number of aryl methyl sites for hydroxylation is 1. The number of aromatic nitrogens is 3. The summed E-state index contributed by atoms with van der Waals surface area (Å²) in [5.41, 5.74) is -0.174. The summed E-state index contributed by atoms with van der Waals surface area (Å²) >= 11 is 0. The van der Waals surface area contributed by atoms with Crippen molar-refractivity contribution in [2.75, 3.05) is 13.2 Å². The Hall–Kier alpha value is -0.940. The van der Waals surface area contributed by atoms with Crippen LogP contribution in [0.2, 0.25) is 0 Å². The molecule has 0 radical (unpaired) electrons. The summed E-state index contributed by atoms with van der Waals surface area (Å²) in [5, 5.41) is 7.98. The van der Waals surface area contributed by atoms with Gasteiger partial charge in [-0.25, -0.2) is 4.98 Å². The Morgan fingerprint density at radius 1 is 1.29 bits per heavy atom. The molecule has 21 heavy (non-hydrogen) atoms. The molecule has 0 saturated carbocycles. The zero-order chi connectivity index (χ0) is 15.7. The Labute approximate surface area is 129 Å². The molecule has 1 aromatic rings. The van der Waals surface area contributed by atoms with Gasteiger partial charge >= 0.3 is 0 Å². The van der Waals surface area contributed by atoms with Gasteiger partial charge in [0, 0.05) is 25.6 Å². The number of ether oxygens (including phenoxy) is 1. The maximum Gasteiger partial charge on any atom is 0.138 e. The molecule has 1 N–H and O–H groups in total. The molecule has 0 aromatic carbocycles. The molecular weight excluding hydrogens is 264 g/mol. The SMILES string of the molecule is CCCNC(Cc1ncnn1CCC)C(C)(CC)OCC. The van der Waals surface area contributed by atoms with Gasteiger partial charge in [0.05, 0.1) is 5.60 Å². The molecule has 0 saturated heterocycles. The highest BCUT2D eigenvalue weighted by Crippen LogP contribution is 2.23. The Morgan fingerprint density at radius 2 is 2.05 bits per heavy atom. The van der Waals surface area contributed by atoms with Crippen LogP contribution < -0.4 is 5.32 Å². The molecule has 0 aliphatic heterocycles. The molecule has 0 fully saturated rings. The second-order valence-electron chi connectivity index (χ2n) is 5.71. The van der Waals surface area contributed by atoms with Crippen LogP contribution in [0.4, 0.5) is 0 Å².